The first-order valence-electron chi connectivity index (χ1n) is 9.01. The smallest absolute Gasteiger partial charge is 0.340 e. The second kappa shape index (κ2) is 7.75. The number of benzene rings is 1. The Hall–Kier alpha value is -2.68. The van der Waals surface area contributed by atoms with Gasteiger partial charge in [0.1, 0.15) is 5.56 Å². The molecule has 0 aliphatic carbocycles. The van der Waals surface area contributed by atoms with E-state index in [1.807, 2.05) is 0 Å². The van der Waals surface area contributed by atoms with Crippen molar-refractivity contribution in [3.63, 3.8) is 0 Å². The van der Waals surface area contributed by atoms with Gasteiger partial charge < -0.3 is 4.74 Å². The topological polar surface area (TPSA) is 111 Å². The summed E-state index contributed by atoms with van der Waals surface area (Å²) in [6.07, 6.45) is 2.63. The molecule has 1 saturated heterocycles. The molecule has 0 unspecified atom stereocenters. The number of hydrogen-bond acceptors (Lipinski definition) is 6. The Balaban J connectivity index is 2.14. The van der Waals surface area contributed by atoms with Crippen LogP contribution in [0.2, 0.25) is 0 Å². The van der Waals surface area contributed by atoms with Gasteiger partial charge in [0.15, 0.2) is 0 Å². The first-order valence-corrected chi connectivity index (χ1v) is 10.9. The lowest BCUT2D eigenvalue weighted by Crippen LogP contribution is -2.20. The van der Waals surface area contributed by atoms with E-state index in [1.54, 1.807) is 6.92 Å². The number of aromatic nitrogens is 2. The molecule has 1 aromatic heterocycles. The van der Waals surface area contributed by atoms with Crippen molar-refractivity contribution in [2.24, 2.45) is 11.4 Å². The Labute approximate surface area is 163 Å². The molecule has 8 nitrogen and oxygen atoms in total. The first kappa shape index (κ1) is 20.1. The van der Waals surface area contributed by atoms with Crippen molar-refractivity contribution in [1.82, 2.24) is 9.78 Å². The molecule has 0 amide bonds. The molecule has 2 heterocycles. The number of ether oxygens (including phenoxy) is 1. The fourth-order valence-corrected chi connectivity index (χ4v) is 5.54. The molecule has 0 spiro atoms. The van der Waals surface area contributed by atoms with E-state index in [4.69, 9.17) is 4.74 Å². The minimum absolute atomic E-state index is 0.0288. The number of aryl methyl sites for hydroxylation is 2. The molecule has 0 bridgehead atoms. The molecule has 3 rings (SSSR count). The summed E-state index contributed by atoms with van der Waals surface area (Å²) in [5.74, 6) is -0.178. The van der Waals surface area contributed by atoms with Crippen LogP contribution < -0.4 is 5.56 Å². The number of esters is 1. The van der Waals surface area contributed by atoms with Crippen molar-refractivity contribution in [1.29, 1.82) is 0 Å². The quantitative estimate of drug-likeness (QED) is 0.620. The zero-order chi connectivity index (χ0) is 20.5. The van der Waals surface area contributed by atoms with E-state index >= 15 is 0 Å². The summed E-state index contributed by atoms with van der Waals surface area (Å²) in [6, 6.07) is 4.30. The van der Waals surface area contributed by atoms with Gasteiger partial charge >= 0.3 is 5.97 Å². The number of nitrogens with zero attached hydrogens (tertiary/aromatic N) is 2. The number of methoxy groups -OCH3 is 1. The monoisotopic (exact) mass is 405 g/mol. The van der Waals surface area contributed by atoms with Gasteiger partial charge in [-0.1, -0.05) is 12.5 Å². The number of aromatic amines is 1. The normalized spacial score (nSPS) is 15.8. The van der Waals surface area contributed by atoms with E-state index < -0.39 is 27.0 Å². The SMILES string of the molecule is COC(=O)c1ccc(C(=O)c2c(C)[nH]n(C)c2=O)cc1N=S1(=O)CCCCC1. The lowest BCUT2D eigenvalue weighted by Gasteiger charge is -2.16. The fraction of sp³-hybridized carbons (Fsp3) is 0.421. The molecule has 28 heavy (non-hydrogen) atoms. The lowest BCUT2D eigenvalue weighted by atomic mass is 10.0. The third-order valence-corrected chi connectivity index (χ3v) is 7.20. The molecule has 1 fully saturated rings. The van der Waals surface area contributed by atoms with Gasteiger partial charge in [0.05, 0.1) is 28.1 Å². The summed E-state index contributed by atoms with van der Waals surface area (Å²) >= 11 is 0. The molecule has 0 radical (unpaired) electrons. The van der Waals surface area contributed by atoms with Gasteiger partial charge in [0.2, 0.25) is 5.78 Å². The number of ketones is 1. The zero-order valence-electron chi connectivity index (χ0n) is 16.1. The summed E-state index contributed by atoms with van der Waals surface area (Å²) in [7, 11) is 0.284. The van der Waals surface area contributed by atoms with E-state index in [2.05, 4.69) is 9.46 Å². The van der Waals surface area contributed by atoms with Crippen molar-refractivity contribution in [2.45, 2.75) is 26.2 Å². The highest BCUT2D eigenvalue weighted by molar-refractivity contribution is 7.93. The van der Waals surface area contributed by atoms with E-state index in [0.29, 0.717) is 17.2 Å². The minimum Gasteiger partial charge on any atom is -0.465 e. The molecule has 0 atom stereocenters. The van der Waals surface area contributed by atoms with Crippen molar-refractivity contribution in [3.05, 3.63) is 50.9 Å². The Morgan fingerprint density at radius 1 is 1.21 bits per heavy atom. The number of rotatable bonds is 4. The molecular weight excluding hydrogens is 382 g/mol. The number of H-pyrrole nitrogens is 1. The molecule has 1 N–H and O–H groups in total. The van der Waals surface area contributed by atoms with Crippen LogP contribution in [0.4, 0.5) is 5.69 Å². The van der Waals surface area contributed by atoms with Crippen molar-refractivity contribution < 1.29 is 18.5 Å². The van der Waals surface area contributed by atoms with E-state index in [0.717, 1.165) is 19.3 Å². The Bertz CT molecular complexity index is 1110. The maximum atomic E-state index is 13.0. The van der Waals surface area contributed by atoms with Gasteiger partial charge in [-0.25, -0.2) is 9.00 Å². The third kappa shape index (κ3) is 3.80. The third-order valence-electron chi connectivity index (χ3n) is 4.81. The van der Waals surface area contributed by atoms with E-state index in [1.165, 1.54) is 37.0 Å². The van der Waals surface area contributed by atoms with Gasteiger partial charge in [-0.15, -0.1) is 0 Å². The van der Waals surface area contributed by atoms with Crippen molar-refractivity contribution in [3.8, 4) is 0 Å². The average Bonchev–Trinajstić information content (AvgIpc) is 2.92. The van der Waals surface area contributed by atoms with Crippen LogP contribution in [0.5, 0.6) is 0 Å². The lowest BCUT2D eigenvalue weighted by molar-refractivity contribution is 0.0601. The van der Waals surface area contributed by atoms with Gasteiger partial charge in [-0.2, -0.15) is 4.36 Å². The molecule has 1 aromatic carbocycles. The number of carbonyl (C=O) groups is 2. The largest absolute Gasteiger partial charge is 0.465 e. The van der Waals surface area contributed by atoms with Crippen LogP contribution in [-0.4, -0.2) is 44.4 Å². The first-order chi connectivity index (χ1) is 13.3. The molecular formula is C19H23N3O5S. The second-order valence-corrected chi connectivity index (χ2v) is 9.41. The molecule has 150 valence electrons. The van der Waals surface area contributed by atoms with Gasteiger partial charge in [0, 0.05) is 29.8 Å². The predicted octanol–water partition coefficient (Wildman–Crippen LogP) is 2.32. The Morgan fingerprint density at radius 3 is 2.46 bits per heavy atom. The minimum atomic E-state index is -2.49. The Kier molecular flexibility index (Phi) is 5.55. The molecule has 0 saturated carbocycles. The van der Waals surface area contributed by atoms with Gasteiger partial charge in [-0.3, -0.25) is 19.4 Å². The molecule has 9 heteroatoms. The highest BCUT2D eigenvalue weighted by Gasteiger charge is 2.23. The van der Waals surface area contributed by atoms with Crippen molar-refractivity contribution in [2.75, 3.05) is 18.6 Å². The number of carbonyl (C=O) groups excluding carboxylic acids is 2. The highest BCUT2D eigenvalue weighted by atomic mass is 32.2. The number of nitrogens with one attached hydrogen (secondary N) is 1. The summed E-state index contributed by atoms with van der Waals surface area (Å²) < 4.78 is 23.5. The van der Waals surface area contributed by atoms with Gasteiger partial charge in [-0.05, 0) is 31.9 Å². The maximum Gasteiger partial charge on any atom is 0.340 e. The Morgan fingerprint density at radius 2 is 1.89 bits per heavy atom. The van der Waals surface area contributed by atoms with Gasteiger partial charge in [0.25, 0.3) is 5.56 Å². The fourth-order valence-electron chi connectivity index (χ4n) is 3.33. The van der Waals surface area contributed by atoms with E-state index in [-0.39, 0.29) is 22.4 Å². The summed E-state index contributed by atoms with van der Waals surface area (Å²) in [6.45, 7) is 1.64. The standard InChI is InChI=1S/C19H23N3O5S/c1-12-16(18(24)22(2)20-12)17(23)13-7-8-14(19(25)27-3)15(11-13)21-28(26)9-5-4-6-10-28/h7-8,11,20H,4-6,9-10H2,1-3H3. The van der Waals surface area contributed by atoms with Crippen LogP contribution in [0.1, 0.15) is 51.2 Å². The predicted molar refractivity (Wildman–Crippen MR) is 106 cm³/mol. The zero-order valence-corrected chi connectivity index (χ0v) is 16.9. The van der Waals surface area contributed by atoms with Crippen LogP contribution in [-0.2, 0) is 21.5 Å². The van der Waals surface area contributed by atoms with E-state index in [9.17, 15) is 18.6 Å². The van der Waals surface area contributed by atoms with Crippen LogP contribution >= 0.6 is 0 Å². The average molecular weight is 405 g/mol. The molecule has 2 aromatic rings. The number of hydrogen-bond donors (Lipinski definition) is 1. The summed E-state index contributed by atoms with van der Waals surface area (Å²) in [5, 5.41) is 2.79. The molecule has 1 aliphatic heterocycles. The van der Waals surface area contributed by atoms with Crippen LogP contribution in [0.15, 0.2) is 27.4 Å². The van der Waals surface area contributed by atoms with Crippen molar-refractivity contribution >= 4 is 27.2 Å². The van der Waals surface area contributed by atoms with Crippen LogP contribution in [0.3, 0.4) is 0 Å². The van der Waals surface area contributed by atoms with Crippen LogP contribution in [0, 0.1) is 6.92 Å². The molecule has 1 aliphatic rings. The highest BCUT2D eigenvalue weighted by Crippen LogP contribution is 2.27. The second-order valence-electron chi connectivity index (χ2n) is 6.86. The maximum absolute atomic E-state index is 13.0. The summed E-state index contributed by atoms with van der Waals surface area (Å²) in [4.78, 5) is 37.3. The summed E-state index contributed by atoms with van der Waals surface area (Å²) in [5.41, 5.74) is 0.550. The van der Waals surface area contributed by atoms with Crippen LogP contribution in [0.25, 0.3) is 0 Å².